The van der Waals surface area contributed by atoms with Gasteiger partial charge in [-0.2, -0.15) is 5.26 Å². The summed E-state index contributed by atoms with van der Waals surface area (Å²) in [4.78, 5) is 10.6. The Morgan fingerprint density at radius 3 is 2.59 bits per heavy atom. The molecule has 0 bridgehead atoms. The van der Waals surface area contributed by atoms with Gasteiger partial charge in [-0.3, -0.25) is 10.1 Å². The lowest BCUT2D eigenvalue weighted by molar-refractivity contribution is -0.383. The van der Waals surface area contributed by atoms with Crippen molar-refractivity contribution in [2.45, 2.75) is 13.5 Å². The summed E-state index contributed by atoms with van der Waals surface area (Å²) in [6.45, 7) is 3.12. The smallest absolute Gasteiger partial charge is 0.293 e. The Hall–Kier alpha value is -2.91. The molecule has 1 N–H and O–H groups in total. The van der Waals surface area contributed by atoms with Gasteiger partial charge in [-0.25, -0.2) is 0 Å². The van der Waals surface area contributed by atoms with Gasteiger partial charge in [0.15, 0.2) is 0 Å². The van der Waals surface area contributed by atoms with Crippen molar-refractivity contribution < 1.29 is 9.66 Å². The average Bonchev–Trinajstić information content (AvgIpc) is 2.54. The Bertz CT molecular complexity index is 706. The zero-order chi connectivity index (χ0) is 15.9. The maximum absolute atomic E-state index is 11.1. The molecule has 0 fully saturated rings. The Kier molecular flexibility index (Phi) is 5.07. The van der Waals surface area contributed by atoms with E-state index in [1.165, 1.54) is 12.1 Å². The average molecular weight is 297 g/mol. The molecule has 0 radical (unpaired) electrons. The minimum absolute atomic E-state index is 0.127. The second-order valence-electron chi connectivity index (χ2n) is 4.56. The lowest BCUT2D eigenvalue weighted by Gasteiger charge is -2.08. The number of nitrogens with one attached hydrogen (secondary N) is 1. The van der Waals surface area contributed by atoms with Gasteiger partial charge in [0.1, 0.15) is 5.69 Å². The van der Waals surface area contributed by atoms with E-state index in [1.807, 2.05) is 37.3 Å². The molecule has 0 saturated carbocycles. The van der Waals surface area contributed by atoms with Crippen molar-refractivity contribution in [2.24, 2.45) is 0 Å². The highest BCUT2D eigenvalue weighted by Crippen LogP contribution is 2.28. The molecule has 2 rings (SSSR count). The van der Waals surface area contributed by atoms with Crippen LogP contribution in [0.2, 0.25) is 0 Å². The highest BCUT2D eigenvalue weighted by Gasteiger charge is 2.14. The van der Waals surface area contributed by atoms with Crippen molar-refractivity contribution in [1.82, 2.24) is 0 Å². The minimum atomic E-state index is -0.507. The van der Waals surface area contributed by atoms with Crippen LogP contribution in [0.4, 0.5) is 17.1 Å². The molecular formula is C16H15N3O3. The van der Waals surface area contributed by atoms with Gasteiger partial charge < -0.3 is 10.1 Å². The third-order valence-corrected chi connectivity index (χ3v) is 3.03. The molecule has 0 aliphatic carbocycles. The molecule has 0 amide bonds. The van der Waals surface area contributed by atoms with E-state index in [4.69, 9.17) is 10.00 Å². The fraction of sp³-hybridized carbons (Fsp3) is 0.188. The Labute approximate surface area is 128 Å². The largest absolute Gasteiger partial charge is 0.377 e. The standard InChI is InChI=1S/C16H15N3O3/c1-2-22-11-12-3-6-14(7-4-12)18-15-8-5-13(10-17)9-16(15)19(20)21/h3-9,18H,2,11H2,1H3. The highest BCUT2D eigenvalue weighted by molar-refractivity contribution is 5.70. The first-order valence-corrected chi connectivity index (χ1v) is 6.76. The SMILES string of the molecule is CCOCc1ccc(Nc2ccc(C#N)cc2[N+](=O)[O-])cc1. The van der Waals surface area contributed by atoms with E-state index in [0.717, 1.165) is 11.3 Å². The molecule has 0 saturated heterocycles. The first-order valence-electron chi connectivity index (χ1n) is 6.76. The number of ether oxygens (including phenoxy) is 1. The number of benzene rings is 2. The molecule has 6 heteroatoms. The van der Waals surface area contributed by atoms with Crippen LogP contribution in [0.3, 0.4) is 0 Å². The van der Waals surface area contributed by atoms with Gasteiger partial charge in [0, 0.05) is 18.4 Å². The van der Waals surface area contributed by atoms with Crippen molar-refractivity contribution in [3.05, 3.63) is 63.7 Å². The van der Waals surface area contributed by atoms with E-state index in [9.17, 15) is 10.1 Å². The molecular weight excluding hydrogens is 282 g/mol. The van der Waals surface area contributed by atoms with Crippen LogP contribution < -0.4 is 5.32 Å². The number of nitrogens with zero attached hydrogens (tertiary/aromatic N) is 2. The van der Waals surface area contributed by atoms with Gasteiger partial charge >= 0.3 is 0 Å². The lowest BCUT2D eigenvalue weighted by atomic mass is 10.1. The molecule has 0 aliphatic heterocycles. The Balaban J connectivity index is 2.20. The molecule has 0 aromatic heterocycles. The summed E-state index contributed by atoms with van der Waals surface area (Å²) in [6.07, 6.45) is 0. The van der Waals surface area contributed by atoms with Gasteiger partial charge in [0.05, 0.1) is 23.2 Å². The maximum Gasteiger partial charge on any atom is 0.293 e. The Morgan fingerprint density at radius 2 is 2.00 bits per heavy atom. The molecule has 112 valence electrons. The van der Waals surface area contributed by atoms with Crippen molar-refractivity contribution in [2.75, 3.05) is 11.9 Å². The third-order valence-electron chi connectivity index (χ3n) is 3.03. The molecule has 0 unspecified atom stereocenters. The van der Waals surface area contributed by atoms with E-state index < -0.39 is 4.92 Å². The van der Waals surface area contributed by atoms with Crippen molar-refractivity contribution in [3.8, 4) is 6.07 Å². The molecule has 2 aromatic rings. The van der Waals surface area contributed by atoms with E-state index in [1.54, 1.807) is 6.07 Å². The van der Waals surface area contributed by atoms with E-state index in [0.29, 0.717) is 18.9 Å². The summed E-state index contributed by atoms with van der Waals surface area (Å²) in [5.74, 6) is 0. The van der Waals surface area contributed by atoms with Crippen LogP contribution in [-0.4, -0.2) is 11.5 Å². The zero-order valence-electron chi connectivity index (χ0n) is 12.1. The fourth-order valence-electron chi connectivity index (χ4n) is 1.92. The van der Waals surface area contributed by atoms with Gasteiger partial charge in [-0.15, -0.1) is 0 Å². The summed E-state index contributed by atoms with van der Waals surface area (Å²) >= 11 is 0. The monoisotopic (exact) mass is 297 g/mol. The number of rotatable bonds is 6. The molecule has 0 spiro atoms. The Morgan fingerprint density at radius 1 is 1.27 bits per heavy atom. The van der Waals surface area contributed by atoms with Gasteiger partial charge in [-0.1, -0.05) is 12.1 Å². The molecule has 6 nitrogen and oxygen atoms in total. The van der Waals surface area contributed by atoms with E-state index in [2.05, 4.69) is 5.32 Å². The summed E-state index contributed by atoms with van der Waals surface area (Å²) in [6, 6.07) is 13.7. The van der Waals surface area contributed by atoms with Crippen LogP contribution in [0, 0.1) is 21.4 Å². The molecule has 0 aliphatic rings. The van der Waals surface area contributed by atoms with Crippen molar-refractivity contribution in [1.29, 1.82) is 5.26 Å². The molecule has 0 atom stereocenters. The minimum Gasteiger partial charge on any atom is -0.377 e. The van der Waals surface area contributed by atoms with Gasteiger partial charge in [0.25, 0.3) is 5.69 Å². The number of hydrogen-bond donors (Lipinski definition) is 1. The van der Waals surface area contributed by atoms with Gasteiger partial charge in [0.2, 0.25) is 0 Å². The first kappa shape index (κ1) is 15.5. The van der Waals surface area contributed by atoms with Crippen LogP contribution in [0.15, 0.2) is 42.5 Å². The molecule has 22 heavy (non-hydrogen) atoms. The van der Waals surface area contributed by atoms with Crippen molar-refractivity contribution >= 4 is 17.1 Å². The van der Waals surface area contributed by atoms with E-state index >= 15 is 0 Å². The van der Waals surface area contributed by atoms with Crippen LogP contribution in [-0.2, 0) is 11.3 Å². The maximum atomic E-state index is 11.1. The number of nitro groups is 1. The predicted octanol–water partition coefficient (Wildman–Crippen LogP) is 3.75. The second kappa shape index (κ2) is 7.20. The third kappa shape index (κ3) is 3.81. The van der Waals surface area contributed by atoms with Crippen LogP contribution in [0.1, 0.15) is 18.1 Å². The van der Waals surface area contributed by atoms with Crippen LogP contribution in [0.25, 0.3) is 0 Å². The van der Waals surface area contributed by atoms with Crippen LogP contribution >= 0.6 is 0 Å². The number of nitro benzene ring substituents is 1. The van der Waals surface area contributed by atoms with E-state index in [-0.39, 0.29) is 11.3 Å². The van der Waals surface area contributed by atoms with Crippen molar-refractivity contribution in [3.63, 3.8) is 0 Å². The fourth-order valence-corrected chi connectivity index (χ4v) is 1.92. The number of anilines is 2. The number of hydrogen-bond acceptors (Lipinski definition) is 5. The quantitative estimate of drug-likeness (QED) is 0.648. The summed E-state index contributed by atoms with van der Waals surface area (Å²) in [7, 11) is 0. The normalized spacial score (nSPS) is 10.0. The van der Waals surface area contributed by atoms with Gasteiger partial charge in [-0.05, 0) is 36.8 Å². The van der Waals surface area contributed by atoms with Crippen LogP contribution in [0.5, 0.6) is 0 Å². The first-order chi connectivity index (χ1) is 10.6. The predicted molar refractivity (Wildman–Crippen MR) is 82.9 cm³/mol. The topological polar surface area (TPSA) is 88.2 Å². The number of nitriles is 1. The summed E-state index contributed by atoms with van der Waals surface area (Å²) < 4.78 is 5.31. The molecule has 2 aromatic carbocycles. The molecule has 0 heterocycles. The lowest BCUT2D eigenvalue weighted by Crippen LogP contribution is -1.98. The summed E-state index contributed by atoms with van der Waals surface area (Å²) in [5, 5.41) is 22.9. The highest BCUT2D eigenvalue weighted by atomic mass is 16.6. The zero-order valence-corrected chi connectivity index (χ0v) is 12.1. The summed E-state index contributed by atoms with van der Waals surface area (Å²) in [5.41, 5.74) is 2.23. The second-order valence-corrected chi connectivity index (χ2v) is 4.56.